The van der Waals surface area contributed by atoms with Crippen molar-refractivity contribution in [2.75, 3.05) is 11.1 Å². The summed E-state index contributed by atoms with van der Waals surface area (Å²) in [4.78, 5) is 26.0. The van der Waals surface area contributed by atoms with Gasteiger partial charge >= 0.3 is 0 Å². The molecule has 0 unspecified atom stereocenters. The van der Waals surface area contributed by atoms with E-state index in [9.17, 15) is 9.59 Å². The van der Waals surface area contributed by atoms with Gasteiger partial charge in [-0.25, -0.2) is 0 Å². The molecule has 1 heterocycles. The lowest BCUT2D eigenvalue weighted by Gasteiger charge is -2.08. The number of rotatable bonds is 5. The number of benzene rings is 2. The van der Waals surface area contributed by atoms with Gasteiger partial charge in [-0.3, -0.25) is 9.59 Å². The molecule has 3 aromatic rings. The van der Waals surface area contributed by atoms with E-state index in [1.165, 1.54) is 23.1 Å². The second kappa shape index (κ2) is 7.70. The molecule has 0 bridgehead atoms. The van der Waals surface area contributed by atoms with Crippen molar-refractivity contribution in [2.24, 2.45) is 5.73 Å². The van der Waals surface area contributed by atoms with Crippen LogP contribution in [0.15, 0.2) is 41.3 Å². The monoisotopic (exact) mass is 404 g/mol. The van der Waals surface area contributed by atoms with Crippen molar-refractivity contribution < 1.29 is 9.59 Å². The number of aryl methyl sites for hydroxylation is 1. The molecule has 2 amide bonds. The van der Waals surface area contributed by atoms with E-state index in [1.54, 1.807) is 0 Å². The van der Waals surface area contributed by atoms with Crippen LogP contribution in [0.4, 0.5) is 5.00 Å². The van der Waals surface area contributed by atoms with Crippen LogP contribution in [0.1, 0.15) is 20.8 Å². The van der Waals surface area contributed by atoms with Crippen molar-refractivity contribution in [1.29, 1.82) is 0 Å². The van der Waals surface area contributed by atoms with Crippen LogP contribution < -0.4 is 11.1 Å². The highest BCUT2D eigenvalue weighted by atomic mass is 35.5. The Balaban J connectivity index is 1.77. The molecule has 134 valence electrons. The lowest BCUT2D eigenvalue weighted by atomic mass is 10.1. The Labute approximate surface area is 164 Å². The number of primary amides is 1. The smallest absolute Gasteiger partial charge is 0.251 e. The maximum Gasteiger partial charge on any atom is 0.251 e. The molecular weight excluding hydrogens is 388 g/mol. The molecule has 7 heteroatoms. The first-order chi connectivity index (χ1) is 12.4. The molecule has 0 atom stereocenters. The summed E-state index contributed by atoms with van der Waals surface area (Å²) in [5, 5.41) is 5.95. The Kier molecular flexibility index (Phi) is 5.55. The highest BCUT2D eigenvalue weighted by Crippen LogP contribution is 2.34. The average molecular weight is 405 g/mol. The zero-order valence-electron chi connectivity index (χ0n) is 14.3. The van der Waals surface area contributed by atoms with Crippen LogP contribution in [0.25, 0.3) is 10.8 Å². The van der Waals surface area contributed by atoms with Gasteiger partial charge in [0.2, 0.25) is 5.91 Å². The molecule has 0 fully saturated rings. The Hall–Kier alpha value is -2.02. The molecule has 4 nitrogen and oxygen atoms in total. The molecule has 3 N–H and O–H groups in total. The van der Waals surface area contributed by atoms with Crippen LogP contribution in [-0.4, -0.2) is 17.6 Å². The predicted octanol–water partition coefficient (Wildman–Crippen LogP) is 5.00. The van der Waals surface area contributed by atoms with Crippen molar-refractivity contribution in [3.8, 4) is 0 Å². The second-order valence-corrected chi connectivity index (χ2v) is 8.43. The minimum absolute atomic E-state index is 0.192. The zero-order chi connectivity index (χ0) is 18.8. The lowest BCUT2D eigenvalue weighted by Crippen LogP contribution is -2.18. The van der Waals surface area contributed by atoms with Crippen molar-refractivity contribution in [2.45, 2.75) is 18.7 Å². The third kappa shape index (κ3) is 3.72. The molecule has 0 aliphatic rings. The van der Waals surface area contributed by atoms with Gasteiger partial charge in [0.25, 0.3) is 5.91 Å². The Morgan fingerprint density at radius 3 is 2.58 bits per heavy atom. The maximum atomic E-state index is 12.4. The molecular formula is C19H17ClN2O2S2. The molecule has 26 heavy (non-hydrogen) atoms. The van der Waals surface area contributed by atoms with Gasteiger partial charge in [-0.15, -0.1) is 23.1 Å². The van der Waals surface area contributed by atoms with Gasteiger partial charge < -0.3 is 11.1 Å². The van der Waals surface area contributed by atoms with E-state index in [1.807, 2.05) is 50.2 Å². The molecule has 0 aliphatic carbocycles. The van der Waals surface area contributed by atoms with Crippen LogP contribution in [0.5, 0.6) is 0 Å². The SMILES string of the molecule is Cc1sc(NC(=O)CSc2cccc3cccc(Cl)c23)c(C(N)=O)c1C. The highest BCUT2D eigenvalue weighted by molar-refractivity contribution is 8.00. The normalized spacial score (nSPS) is 10.9. The number of hydrogen-bond donors (Lipinski definition) is 2. The van der Waals surface area contributed by atoms with Gasteiger partial charge in [0, 0.05) is 20.2 Å². The Morgan fingerprint density at radius 1 is 1.19 bits per heavy atom. The van der Waals surface area contributed by atoms with Crippen molar-refractivity contribution >= 4 is 62.3 Å². The summed E-state index contributed by atoms with van der Waals surface area (Å²) in [6.45, 7) is 3.73. The first-order valence-electron chi connectivity index (χ1n) is 7.88. The van der Waals surface area contributed by atoms with Gasteiger partial charge in [0.1, 0.15) is 5.00 Å². The lowest BCUT2D eigenvalue weighted by molar-refractivity contribution is -0.113. The molecule has 0 aliphatic heterocycles. The van der Waals surface area contributed by atoms with Gasteiger partial charge in [-0.2, -0.15) is 0 Å². The quantitative estimate of drug-likeness (QED) is 0.587. The molecule has 0 saturated heterocycles. The van der Waals surface area contributed by atoms with E-state index >= 15 is 0 Å². The summed E-state index contributed by atoms with van der Waals surface area (Å²) in [5.41, 5.74) is 6.64. The fraction of sp³-hybridized carbons (Fsp3) is 0.158. The first kappa shape index (κ1) is 18.8. The van der Waals surface area contributed by atoms with E-state index in [-0.39, 0.29) is 11.7 Å². The number of anilines is 1. The molecule has 0 spiro atoms. The number of nitrogens with two attached hydrogens (primary N) is 1. The molecule has 1 aromatic heterocycles. The minimum atomic E-state index is -0.532. The number of fused-ring (bicyclic) bond motifs is 1. The van der Waals surface area contributed by atoms with Crippen molar-refractivity contribution in [3.63, 3.8) is 0 Å². The molecule has 2 aromatic carbocycles. The number of thioether (sulfide) groups is 1. The summed E-state index contributed by atoms with van der Waals surface area (Å²) in [7, 11) is 0. The third-order valence-electron chi connectivity index (χ3n) is 4.06. The number of carbonyl (C=O) groups is 2. The molecule has 0 radical (unpaired) electrons. The Morgan fingerprint density at radius 2 is 1.88 bits per heavy atom. The summed E-state index contributed by atoms with van der Waals surface area (Å²) < 4.78 is 0. The fourth-order valence-corrected chi connectivity index (χ4v) is 5.03. The fourth-order valence-electron chi connectivity index (χ4n) is 2.70. The van der Waals surface area contributed by atoms with Crippen LogP contribution in [0.3, 0.4) is 0 Å². The van der Waals surface area contributed by atoms with Crippen LogP contribution in [0, 0.1) is 13.8 Å². The minimum Gasteiger partial charge on any atom is -0.365 e. The summed E-state index contributed by atoms with van der Waals surface area (Å²) in [5.74, 6) is -0.517. The number of amides is 2. The number of halogens is 1. The predicted molar refractivity (Wildman–Crippen MR) is 111 cm³/mol. The van der Waals surface area contributed by atoms with Crippen LogP contribution >= 0.6 is 34.7 Å². The first-order valence-corrected chi connectivity index (χ1v) is 10.1. The summed E-state index contributed by atoms with van der Waals surface area (Å²) in [6.07, 6.45) is 0. The average Bonchev–Trinajstić information content (AvgIpc) is 2.87. The van der Waals surface area contributed by atoms with E-state index in [0.717, 1.165) is 26.1 Å². The largest absolute Gasteiger partial charge is 0.365 e. The topological polar surface area (TPSA) is 72.2 Å². The van der Waals surface area contributed by atoms with Gasteiger partial charge in [0.15, 0.2) is 0 Å². The number of nitrogens with one attached hydrogen (secondary N) is 1. The van der Waals surface area contributed by atoms with Gasteiger partial charge in [0.05, 0.1) is 11.3 Å². The number of hydrogen-bond acceptors (Lipinski definition) is 4. The summed E-state index contributed by atoms with van der Waals surface area (Å²) in [6, 6.07) is 11.6. The van der Waals surface area contributed by atoms with Crippen LogP contribution in [0.2, 0.25) is 5.02 Å². The third-order valence-corrected chi connectivity index (χ3v) is 6.55. The second-order valence-electron chi connectivity index (χ2n) is 5.78. The van der Waals surface area contributed by atoms with E-state index in [4.69, 9.17) is 17.3 Å². The van der Waals surface area contributed by atoms with Crippen molar-refractivity contribution in [3.05, 3.63) is 57.4 Å². The highest BCUT2D eigenvalue weighted by Gasteiger charge is 2.19. The number of thiophene rings is 1. The maximum absolute atomic E-state index is 12.4. The molecule has 0 saturated carbocycles. The van der Waals surface area contributed by atoms with Gasteiger partial charge in [-0.05, 0) is 36.9 Å². The zero-order valence-corrected chi connectivity index (χ0v) is 16.6. The van der Waals surface area contributed by atoms with E-state index in [2.05, 4.69) is 5.32 Å². The van der Waals surface area contributed by atoms with E-state index in [0.29, 0.717) is 15.6 Å². The molecule has 3 rings (SSSR count). The standard InChI is InChI=1S/C19H17ClN2O2S2/c1-10-11(2)26-19(16(10)18(21)24)22-15(23)9-25-14-8-4-6-12-5-3-7-13(20)17(12)14/h3-8H,9H2,1-2H3,(H2,21,24)(H,22,23). The van der Waals surface area contributed by atoms with Gasteiger partial charge in [-0.1, -0.05) is 35.9 Å². The van der Waals surface area contributed by atoms with Crippen molar-refractivity contribution in [1.82, 2.24) is 0 Å². The Bertz CT molecular complexity index is 1010. The number of carbonyl (C=O) groups excluding carboxylic acids is 2. The summed E-state index contributed by atoms with van der Waals surface area (Å²) >= 11 is 9.09. The van der Waals surface area contributed by atoms with Crippen LogP contribution in [-0.2, 0) is 4.79 Å². The van der Waals surface area contributed by atoms with E-state index < -0.39 is 5.91 Å².